The van der Waals surface area contributed by atoms with Crippen molar-refractivity contribution in [2.75, 3.05) is 0 Å². The first-order chi connectivity index (χ1) is 27.3. The van der Waals surface area contributed by atoms with E-state index in [9.17, 15) is 0 Å². The van der Waals surface area contributed by atoms with Crippen molar-refractivity contribution < 1.29 is 4.42 Å². The lowest BCUT2D eigenvalue weighted by Crippen LogP contribution is -2.03. The van der Waals surface area contributed by atoms with E-state index in [1.54, 1.807) is 0 Å². The second-order valence-corrected chi connectivity index (χ2v) is 14.4. The molecule has 11 aromatic rings. The van der Waals surface area contributed by atoms with Gasteiger partial charge in [0.2, 0.25) is 0 Å². The highest BCUT2D eigenvalue weighted by Gasteiger charge is 2.33. The summed E-state index contributed by atoms with van der Waals surface area (Å²) in [6, 6.07) is 64.7. The van der Waals surface area contributed by atoms with E-state index >= 15 is 0 Å². The van der Waals surface area contributed by atoms with Gasteiger partial charge in [-0.3, -0.25) is 0 Å². The standard InChI is InChI=1S/C51H31N3O/c1-3-14-31(15-4-1)46-36-20-8-7-18-34(36)37-28-29-38-35-19-10-12-24-43(35)54(50(38)48(37)46)33-26-27-40-45(30-33)55-44-25-13-22-41(47(40)44)51-52-42-23-11-9-21-39(42)49(53-51)32-16-5-2-6-17-32/h1-30,46H. The Morgan fingerprint density at radius 1 is 0.491 bits per heavy atom. The van der Waals surface area contributed by atoms with Gasteiger partial charge in [0.1, 0.15) is 11.2 Å². The van der Waals surface area contributed by atoms with Gasteiger partial charge in [0.15, 0.2) is 5.82 Å². The fraction of sp³-hybridized carbons (Fsp3) is 0.0196. The molecule has 8 aromatic carbocycles. The van der Waals surface area contributed by atoms with Gasteiger partial charge >= 0.3 is 0 Å². The topological polar surface area (TPSA) is 43.9 Å². The molecule has 0 aliphatic heterocycles. The van der Waals surface area contributed by atoms with E-state index in [-0.39, 0.29) is 5.92 Å². The quantitative estimate of drug-likeness (QED) is 0.183. The average molecular weight is 702 g/mol. The van der Waals surface area contributed by atoms with Crippen LogP contribution in [0.4, 0.5) is 0 Å². The normalized spacial score (nSPS) is 13.6. The number of fused-ring (bicyclic) bond motifs is 11. The lowest BCUT2D eigenvalue weighted by Gasteiger charge is -2.18. The monoisotopic (exact) mass is 701 g/mol. The van der Waals surface area contributed by atoms with E-state index in [1.807, 2.05) is 30.3 Å². The van der Waals surface area contributed by atoms with Gasteiger partial charge in [0, 0.05) is 55.7 Å². The molecule has 3 aromatic heterocycles. The molecule has 55 heavy (non-hydrogen) atoms. The third-order valence-corrected chi connectivity index (χ3v) is 11.5. The van der Waals surface area contributed by atoms with Crippen LogP contribution in [0, 0.1) is 0 Å². The van der Waals surface area contributed by atoms with Crippen LogP contribution in [0.5, 0.6) is 0 Å². The zero-order valence-corrected chi connectivity index (χ0v) is 29.6. The molecule has 4 nitrogen and oxygen atoms in total. The van der Waals surface area contributed by atoms with Gasteiger partial charge in [-0.05, 0) is 58.1 Å². The van der Waals surface area contributed by atoms with E-state index in [1.165, 1.54) is 49.6 Å². The zero-order chi connectivity index (χ0) is 36.0. The number of aromatic nitrogens is 3. The van der Waals surface area contributed by atoms with Gasteiger partial charge in [-0.15, -0.1) is 0 Å². The van der Waals surface area contributed by atoms with E-state index in [2.05, 4.69) is 156 Å². The average Bonchev–Trinajstić information content (AvgIpc) is 3.91. The minimum absolute atomic E-state index is 0.111. The maximum Gasteiger partial charge on any atom is 0.161 e. The number of furan rings is 1. The Balaban J connectivity index is 1.10. The molecule has 256 valence electrons. The Morgan fingerprint density at radius 2 is 1.22 bits per heavy atom. The predicted molar refractivity (Wildman–Crippen MR) is 225 cm³/mol. The molecule has 1 atom stereocenters. The third kappa shape index (κ3) is 4.40. The van der Waals surface area contributed by atoms with Crippen molar-refractivity contribution in [1.82, 2.24) is 14.5 Å². The van der Waals surface area contributed by atoms with Crippen LogP contribution >= 0.6 is 0 Å². The first-order valence-corrected chi connectivity index (χ1v) is 18.8. The Kier molecular flexibility index (Phi) is 6.37. The van der Waals surface area contributed by atoms with Gasteiger partial charge in [-0.2, -0.15) is 0 Å². The molecule has 0 spiro atoms. The first kappa shape index (κ1) is 30.2. The lowest BCUT2D eigenvalue weighted by molar-refractivity contribution is 0.668. The lowest BCUT2D eigenvalue weighted by atomic mass is 9.88. The van der Waals surface area contributed by atoms with Crippen LogP contribution in [-0.2, 0) is 0 Å². The van der Waals surface area contributed by atoms with Crippen molar-refractivity contribution in [3.8, 4) is 39.5 Å². The molecule has 12 rings (SSSR count). The second kappa shape index (κ2) is 11.6. The molecule has 0 bridgehead atoms. The van der Waals surface area contributed by atoms with Gasteiger partial charge in [0.05, 0.1) is 22.2 Å². The third-order valence-electron chi connectivity index (χ3n) is 11.5. The molecule has 0 fully saturated rings. The van der Waals surface area contributed by atoms with Gasteiger partial charge in [-0.1, -0.05) is 146 Å². The van der Waals surface area contributed by atoms with Crippen LogP contribution in [0.2, 0.25) is 0 Å². The number of rotatable bonds is 4. The second-order valence-electron chi connectivity index (χ2n) is 14.4. The van der Waals surface area contributed by atoms with Crippen molar-refractivity contribution in [2.24, 2.45) is 0 Å². The van der Waals surface area contributed by atoms with Crippen molar-refractivity contribution in [1.29, 1.82) is 0 Å². The summed E-state index contributed by atoms with van der Waals surface area (Å²) >= 11 is 0. The van der Waals surface area contributed by atoms with Crippen LogP contribution < -0.4 is 0 Å². The van der Waals surface area contributed by atoms with Gasteiger partial charge < -0.3 is 8.98 Å². The summed E-state index contributed by atoms with van der Waals surface area (Å²) < 4.78 is 9.20. The molecule has 1 aliphatic rings. The van der Waals surface area contributed by atoms with Crippen LogP contribution in [0.15, 0.2) is 186 Å². The van der Waals surface area contributed by atoms with Crippen LogP contribution in [0.25, 0.3) is 94.1 Å². The van der Waals surface area contributed by atoms with Crippen LogP contribution in [0.3, 0.4) is 0 Å². The van der Waals surface area contributed by atoms with Crippen molar-refractivity contribution in [2.45, 2.75) is 5.92 Å². The first-order valence-electron chi connectivity index (χ1n) is 18.8. The molecule has 0 saturated heterocycles. The number of benzene rings is 8. The van der Waals surface area contributed by atoms with Crippen LogP contribution in [0.1, 0.15) is 22.6 Å². The Hall–Kier alpha value is -7.30. The smallest absolute Gasteiger partial charge is 0.161 e. The van der Waals surface area contributed by atoms with Crippen molar-refractivity contribution >= 4 is 54.6 Å². The maximum absolute atomic E-state index is 6.74. The molecule has 0 radical (unpaired) electrons. The Labute approximate surface area is 316 Å². The fourth-order valence-corrected chi connectivity index (χ4v) is 9.17. The summed E-state index contributed by atoms with van der Waals surface area (Å²) in [5.41, 5.74) is 15.5. The van der Waals surface area contributed by atoms with E-state index in [0.29, 0.717) is 5.82 Å². The SMILES string of the molecule is c1ccc(-c2nc(-c3cccc4oc5cc(-n6c7ccccc7c7ccc8c(c76)C(c6ccccc6)c6ccccc6-8)ccc5c34)nc3ccccc23)cc1. The maximum atomic E-state index is 6.74. The summed E-state index contributed by atoms with van der Waals surface area (Å²) in [5, 5.41) is 5.56. The van der Waals surface area contributed by atoms with E-state index in [4.69, 9.17) is 14.4 Å². The molecule has 4 heteroatoms. The Bertz CT molecular complexity index is 3320. The number of hydrogen-bond donors (Lipinski definition) is 0. The summed E-state index contributed by atoms with van der Waals surface area (Å²) in [5.74, 6) is 0.791. The van der Waals surface area contributed by atoms with Crippen molar-refractivity contribution in [3.63, 3.8) is 0 Å². The minimum Gasteiger partial charge on any atom is -0.456 e. The molecule has 0 amide bonds. The predicted octanol–water partition coefficient (Wildman–Crippen LogP) is 13.1. The summed E-state index contributed by atoms with van der Waals surface area (Å²) in [4.78, 5) is 10.4. The summed E-state index contributed by atoms with van der Waals surface area (Å²) in [7, 11) is 0. The minimum atomic E-state index is 0.111. The molecule has 0 N–H and O–H groups in total. The fourth-order valence-electron chi connectivity index (χ4n) is 9.17. The highest BCUT2D eigenvalue weighted by atomic mass is 16.3. The molecular formula is C51H31N3O. The largest absolute Gasteiger partial charge is 0.456 e. The van der Waals surface area contributed by atoms with Gasteiger partial charge in [-0.25, -0.2) is 9.97 Å². The van der Waals surface area contributed by atoms with E-state index in [0.717, 1.165) is 55.3 Å². The molecular weight excluding hydrogens is 671 g/mol. The molecule has 0 saturated carbocycles. The molecule has 1 aliphatic carbocycles. The van der Waals surface area contributed by atoms with E-state index < -0.39 is 0 Å². The highest BCUT2D eigenvalue weighted by Crippen LogP contribution is 2.52. The number of nitrogens with zero attached hydrogens (tertiary/aromatic N) is 3. The number of para-hydroxylation sites is 2. The summed E-state index contributed by atoms with van der Waals surface area (Å²) in [6.45, 7) is 0. The van der Waals surface area contributed by atoms with Crippen LogP contribution in [-0.4, -0.2) is 14.5 Å². The van der Waals surface area contributed by atoms with Gasteiger partial charge in [0.25, 0.3) is 0 Å². The highest BCUT2D eigenvalue weighted by molar-refractivity contribution is 6.15. The molecule has 3 heterocycles. The molecule has 1 unspecified atom stereocenters. The van der Waals surface area contributed by atoms with Crippen molar-refractivity contribution in [3.05, 3.63) is 199 Å². The Morgan fingerprint density at radius 3 is 2.11 bits per heavy atom. The summed E-state index contributed by atoms with van der Waals surface area (Å²) in [6.07, 6.45) is 0. The zero-order valence-electron chi connectivity index (χ0n) is 29.6. The number of hydrogen-bond acceptors (Lipinski definition) is 3.